The van der Waals surface area contributed by atoms with Gasteiger partial charge in [-0.15, -0.1) is 0 Å². The smallest absolute Gasteiger partial charge is 0.234 e. The SMILES string of the molecule is Cc1noc(C)c1CN(C)CC(=O)NCC1CC1. The van der Waals surface area contributed by atoms with Crippen LogP contribution in [0, 0.1) is 19.8 Å². The van der Waals surface area contributed by atoms with Gasteiger partial charge in [-0.1, -0.05) is 5.16 Å². The monoisotopic (exact) mass is 251 g/mol. The standard InChI is InChI=1S/C13H21N3O2/c1-9-12(10(2)18-15-9)7-16(3)8-13(17)14-6-11-4-5-11/h11H,4-8H2,1-3H3,(H,14,17). The second-order valence-corrected chi connectivity index (χ2v) is 5.22. The Hall–Kier alpha value is -1.36. The van der Waals surface area contributed by atoms with Crippen LogP contribution >= 0.6 is 0 Å². The zero-order valence-corrected chi connectivity index (χ0v) is 11.3. The fourth-order valence-electron chi connectivity index (χ4n) is 1.93. The molecular weight excluding hydrogens is 230 g/mol. The predicted molar refractivity (Wildman–Crippen MR) is 68.0 cm³/mol. The minimum Gasteiger partial charge on any atom is -0.361 e. The van der Waals surface area contributed by atoms with E-state index in [2.05, 4.69) is 10.5 Å². The van der Waals surface area contributed by atoms with Crippen molar-refractivity contribution in [3.8, 4) is 0 Å². The average Bonchev–Trinajstić information content (AvgIpc) is 3.09. The molecule has 0 atom stereocenters. The highest BCUT2D eigenvalue weighted by Gasteiger charge is 2.22. The van der Waals surface area contributed by atoms with Gasteiger partial charge in [-0.3, -0.25) is 9.69 Å². The third-order valence-electron chi connectivity index (χ3n) is 3.31. The van der Waals surface area contributed by atoms with Gasteiger partial charge in [0.05, 0.1) is 12.2 Å². The first-order valence-electron chi connectivity index (χ1n) is 6.43. The minimum absolute atomic E-state index is 0.0937. The minimum atomic E-state index is 0.0937. The number of nitrogens with zero attached hydrogens (tertiary/aromatic N) is 2. The van der Waals surface area contributed by atoms with E-state index >= 15 is 0 Å². The lowest BCUT2D eigenvalue weighted by atomic mass is 10.2. The molecule has 0 aliphatic heterocycles. The Kier molecular flexibility index (Phi) is 4.01. The van der Waals surface area contributed by atoms with Crippen LogP contribution in [0.1, 0.15) is 29.9 Å². The molecular formula is C13H21N3O2. The first kappa shape index (κ1) is 13.1. The Labute approximate surface area is 108 Å². The number of aromatic nitrogens is 1. The molecule has 0 aromatic carbocycles. The van der Waals surface area contributed by atoms with E-state index in [4.69, 9.17) is 4.52 Å². The Balaban J connectivity index is 1.76. The van der Waals surface area contributed by atoms with E-state index in [1.165, 1.54) is 12.8 Å². The van der Waals surface area contributed by atoms with Crippen LogP contribution in [-0.4, -0.2) is 36.1 Å². The molecule has 1 aliphatic carbocycles. The third kappa shape index (κ3) is 3.57. The van der Waals surface area contributed by atoms with Crippen molar-refractivity contribution >= 4 is 5.91 Å². The molecule has 1 amide bonds. The van der Waals surface area contributed by atoms with Gasteiger partial charge in [0.25, 0.3) is 0 Å². The van der Waals surface area contributed by atoms with Gasteiger partial charge in [-0.25, -0.2) is 0 Å². The van der Waals surface area contributed by atoms with Crippen molar-refractivity contribution in [2.45, 2.75) is 33.2 Å². The maximum absolute atomic E-state index is 11.7. The summed E-state index contributed by atoms with van der Waals surface area (Å²) < 4.78 is 5.11. The van der Waals surface area contributed by atoms with Crippen LogP contribution in [0.4, 0.5) is 0 Å². The van der Waals surface area contributed by atoms with Gasteiger partial charge in [0.1, 0.15) is 5.76 Å². The molecule has 1 saturated carbocycles. The van der Waals surface area contributed by atoms with E-state index < -0.39 is 0 Å². The van der Waals surface area contributed by atoms with Crippen molar-refractivity contribution in [3.05, 3.63) is 17.0 Å². The Bertz CT molecular complexity index is 404. The summed E-state index contributed by atoms with van der Waals surface area (Å²) in [5, 5.41) is 6.88. The van der Waals surface area contributed by atoms with Gasteiger partial charge in [-0.2, -0.15) is 0 Å². The lowest BCUT2D eigenvalue weighted by Gasteiger charge is -2.15. The molecule has 1 aromatic rings. The van der Waals surface area contributed by atoms with E-state index in [1.54, 1.807) is 0 Å². The number of amides is 1. The average molecular weight is 251 g/mol. The van der Waals surface area contributed by atoms with Gasteiger partial charge >= 0.3 is 0 Å². The van der Waals surface area contributed by atoms with Crippen molar-refractivity contribution in [3.63, 3.8) is 0 Å². The van der Waals surface area contributed by atoms with E-state index in [1.807, 2.05) is 25.8 Å². The zero-order valence-electron chi connectivity index (χ0n) is 11.3. The number of carbonyl (C=O) groups excluding carboxylic acids is 1. The summed E-state index contributed by atoms with van der Waals surface area (Å²) in [6.45, 7) is 5.76. The van der Waals surface area contributed by atoms with Gasteiger partial charge in [0.2, 0.25) is 5.91 Å². The van der Waals surface area contributed by atoms with Gasteiger partial charge in [0.15, 0.2) is 0 Å². The largest absolute Gasteiger partial charge is 0.361 e. The highest BCUT2D eigenvalue weighted by atomic mass is 16.5. The van der Waals surface area contributed by atoms with Crippen LogP contribution < -0.4 is 5.32 Å². The molecule has 18 heavy (non-hydrogen) atoms. The molecule has 0 saturated heterocycles. The lowest BCUT2D eigenvalue weighted by Crippen LogP contribution is -2.35. The van der Waals surface area contributed by atoms with Crippen LogP contribution in [0.5, 0.6) is 0 Å². The van der Waals surface area contributed by atoms with Crippen molar-refractivity contribution in [1.82, 2.24) is 15.4 Å². The highest BCUT2D eigenvalue weighted by molar-refractivity contribution is 5.78. The normalized spacial score (nSPS) is 15.1. The van der Waals surface area contributed by atoms with E-state index in [-0.39, 0.29) is 5.91 Å². The van der Waals surface area contributed by atoms with Crippen molar-refractivity contribution in [1.29, 1.82) is 0 Å². The fourth-order valence-corrected chi connectivity index (χ4v) is 1.93. The molecule has 5 heteroatoms. The van der Waals surface area contributed by atoms with Crippen molar-refractivity contribution in [2.75, 3.05) is 20.1 Å². The molecule has 0 radical (unpaired) electrons. The molecule has 1 heterocycles. The van der Waals surface area contributed by atoms with Crippen LogP contribution in [-0.2, 0) is 11.3 Å². The van der Waals surface area contributed by atoms with Crippen molar-refractivity contribution < 1.29 is 9.32 Å². The van der Waals surface area contributed by atoms with E-state index in [9.17, 15) is 4.79 Å². The van der Waals surface area contributed by atoms with Crippen LogP contribution in [0.3, 0.4) is 0 Å². The first-order chi connectivity index (χ1) is 8.56. The molecule has 0 bridgehead atoms. The second kappa shape index (κ2) is 5.52. The predicted octanol–water partition coefficient (Wildman–Crippen LogP) is 1.25. The summed E-state index contributed by atoms with van der Waals surface area (Å²) in [4.78, 5) is 13.7. The summed E-state index contributed by atoms with van der Waals surface area (Å²) in [5.41, 5.74) is 1.98. The Morgan fingerprint density at radius 2 is 2.22 bits per heavy atom. The Morgan fingerprint density at radius 3 is 2.78 bits per heavy atom. The van der Waals surface area contributed by atoms with Gasteiger partial charge in [0, 0.05) is 18.7 Å². The van der Waals surface area contributed by atoms with Gasteiger partial charge < -0.3 is 9.84 Å². The molecule has 5 nitrogen and oxygen atoms in total. The summed E-state index contributed by atoms with van der Waals surface area (Å²) in [6, 6.07) is 0. The summed E-state index contributed by atoms with van der Waals surface area (Å²) in [5.74, 6) is 1.65. The molecule has 1 N–H and O–H groups in total. The van der Waals surface area contributed by atoms with Crippen LogP contribution in [0.25, 0.3) is 0 Å². The van der Waals surface area contributed by atoms with Crippen LogP contribution in [0.15, 0.2) is 4.52 Å². The van der Waals surface area contributed by atoms with E-state index in [0.29, 0.717) is 13.1 Å². The number of rotatable bonds is 6. The van der Waals surface area contributed by atoms with E-state index in [0.717, 1.165) is 29.5 Å². The summed E-state index contributed by atoms with van der Waals surface area (Å²) in [7, 11) is 1.93. The molecule has 2 rings (SSSR count). The molecule has 0 spiro atoms. The zero-order chi connectivity index (χ0) is 13.1. The molecule has 0 unspecified atom stereocenters. The van der Waals surface area contributed by atoms with Gasteiger partial charge in [-0.05, 0) is 39.7 Å². The number of hydrogen-bond donors (Lipinski definition) is 1. The highest BCUT2D eigenvalue weighted by Crippen LogP contribution is 2.27. The molecule has 100 valence electrons. The number of aryl methyl sites for hydroxylation is 2. The topological polar surface area (TPSA) is 58.4 Å². The third-order valence-corrected chi connectivity index (χ3v) is 3.31. The number of carbonyl (C=O) groups is 1. The number of hydrogen-bond acceptors (Lipinski definition) is 4. The Morgan fingerprint density at radius 1 is 1.50 bits per heavy atom. The second-order valence-electron chi connectivity index (χ2n) is 5.22. The maximum Gasteiger partial charge on any atom is 0.234 e. The first-order valence-corrected chi connectivity index (χ1v) is 6.43. The molecule has 1 aromatic heterocycles. The molecule has 1 aliphatic rings. The summed E-state index contributed by atoms with van der Waals surface area (Å²) >= 11 is 0. The van der Waals surface area contributed by atoms with Crippen LogP contribution in [0.2, 0.25) is 0 Å². The maximum atomic E-state index is 11.7. The fraction of sp³-hybridized carbons (Fsp3) is 0.692. The number of likely N-dealkylation sites (N-methyl/N-ethyl adjacent to an activating group) is 1. The quantitative estimate of drug-likeness (QED) is 0.826. The number of nitrogens with one attached hydrogen (secondary N) is 1. The molecule has 1 fully saturated rings. The van der Waals surface area contributed by atoms with Crippen molar-refractivity contribution in [2.24, 2.45) is 5.92 Å². The summed E-state index contributed by atoms with van der Waals surface area (Å²) in [6.07, 6.45) is 2.52. The lowest BCUT2D eigenvalue weighted by molar-refractivity contribution is -0.122.